The maximum absolute atomic E-state index is 13.7. The normalized spacial score (nSPS) is 20.6. The zero-order chi connectivity index (χ0) is 28.6. The number of benzene rings is 2. The molecule has 7 heteroatoms. The van der Waals surface area contributed by atoms with Gasteiger partial charge in [0.1, 0.15) is 5.75 Å². The Balaban J connectivity index is 1.98. The maximum Gasteiger partial charge on any atom is 0.374 e. The number of aryl methyl sites for hydroxylation is 1. The van der Waals surface area contributed by atoms with Crippen LogP contribution in [0.25, 0.3) is 5.57 Å². The second-order valence-electron chi connectivity index (χ2n) is 11.9. The van der Waals surface area contributed by atoms with Crippen molar-refractivity contribution in [2.75, 3.05) is 19.5 Å². The van der Waals surface area contributed by atoms with E-state index in [0.717, 1.165) is 39.5 Å². The third kappa shape index (κ3) is 5.01. The Bertz CT molecular complexity index is 1240. The Morgan fingerprint density at radius 2 is 1.54 bits per heavy atom. The minimum absolute atomic E-state index is 0.247. The SMILES string of the molecule is COC(=O)C(=O)[C@H]1[C@@H]2Nc3ccc(OC)cc3C2=C(O[Si](C(C)C)(C(C)C)C(C)C)C[C@@H]1c1ccc(C)cc1. The highest BCUT2D eigenvalue weighted by atomic mass is 28.4. The van der Waals surface area contributed by atoms with E-state index in [0.29, 0.717) is 23.0 Å². The van der Waals surface area contributed by atoms with Crippen molar-refractivity contribution in [3.05, 3.63) is 64.9 Å². The molecule has 3 atom stereocenters. The van der Waals surface area contributed by atoms with Crippen molar-refractivity contribution >= 4 is 31.3 Å². The lowest BCUT2D eigenvalue weighted by Crippen LogP contribution is -2.49. The highest BCUT2D eigenvalue weighted by molar-refractivity contribution is 6.78. The molecule has 2 aromatic carbocycles. The van der Waals surface area contributed by atoms with Crippen LogP contribution in [0.15, 0.2) is 48.2 Å². The van der Waals surface area contributed by atoms with Crippen molar-refractivity contribution in [2.45, 2.75) is 83.5 Å². The van der Waals surface area contributed by atoms with Crippen LogP contribution in [-0.4, -0.2) is 40.3 Å². The zero-order valence-electron chi connectivity index (χ0n) is 24.8. The molecule has 0 amide bonds. The summed E-state index contributed by atoms with van der Waals surface area (Å²) in [5.41, 5.74) is 6.16. The number of carbonyl (C=O) groups excluding carboxylic acids is 2. The number of allylic oxidation sites excluding steroid dienone is 1. The Morgan fingerprint density at radius 3 is 2.08 bits per heavy atom. The van der Waals surface area contributed by atoms with Gasteiger partial charge in [0.2, 0.25) is 5.78 Å². The number of Topliss-reactive ketones (excluding diaryl/α,β-unsaturated/α-hetero) is 1. The third-order valence-corrected chi connectivity index (χ3v) is 14.9. The van der Waals surface area contributed by atoms with Crippen molar-refractivity contribution in [1.29, 1.82) is 0 Å². The van der Waals surface area contributed by atoms with Gasteiger partial charge in [0.25, 0.3) is 8.32 Å². The van der Waals surface area contributed by atoms with Gasteiger partial charge < -0.3 is 19.2 Å². The van der Waals surface area contributed by atoms with E-state index in [2.05, 4.69) is 71.1 Å². The largest absolute Gasteiger partial charge is 0.545 e. The number of methoxy groups -OCH3 is 2. The van der Waals surface area contributed by atoms with Crippen molar-refractivity contribution in [3.63, 3.8) is 0 Å². The van der Waals surface area contributed by atoms with Gasteiger partial charge in [-0.15, -0.1) is 0 Å². The van der Waals surface area contributed by atoms with E-state index >= 15 is 0 Å². The topological polar surface area (TPSA) is 73.9 Å². The summed E-state index contributed by atoms with van der Waals surface area (Å²) in [5, 5.41) is 3.61. The molecule has 210 valence electrons. The maximum atomic E-state index is 13.7. The molecule has 0 aromatic heterocycles. The first-order chi connectivity index (χ1) is 18.5. The van der Waals surface area contributed by atoms with Gasteiger partial charge in [-0.2, -0.15) is 0 Å². The zero-order valence-corrected chi connectivity index (χ0v) is 25.8. The first kappa shape index (κ1) is 28.9. The molecule has 1 N–H and O–H groups in total. The van der Waals surface area contributed by atoms with Crippen LogP contribution in [-0.2, 0) is 18.8 Å². The average molecular weight is 550 g/mol. The minimum atomic E-state index is -2.33. The number of rotatable bonds is 9. The molecular weight excluding hydrogens is 506 g/mol. The van der Waals surface area contributed by atoms with Gasteiger partial charge in [-0.3, -0.25) is 4.79 Å². The number of ether oxygens (including phenoxy) is 2. The number of hydrogen-bond donors (Lipinski definition) is 1. The monoisotopic (exact) mass is 549 g/mol. The highest BCUT2D eigenvalue weighted by Gasteiger charge is 2.53. The van der Waals surface area contributed by atoms with Crippen LogP contribution >= 0.6 is 0 Å². The minimum Gasteiger partial charge on any atom is -0.545 e. The molecule has 0 saturated carbocycles. The predicted octanol–water partition coefficient (Wildman–Crippen LogP) is 7.25. The number of ketones is 1. The third-order valence-electron chi connectivity index (χ3n) is 8.84. The summed E-state index contributed by atoms with van der Waals surface area (Å²) in [6.45, 7) is 15.7. The number of fused-ring (bicyclic) bond motifs is 3. The Kier molecular flexibility index (Phi) is 8.31. The summed E-state index contributed by atoms with van der Waals surface area (Å²) in [5.74, 6) is -0.554. The van der Waals surface area contributed by atoms with E-state index in [1.54, 1.807) is 7.11 Å². The molecule has 0 fully saturated rings. The second kappa shape index (κ2) is 11.2. The fourth-order valence-electron chi connectivity index (χ4n) is 7.04. The van der Waals surface area contributed by atoms with Gasteiger partial charge in [-0.05, 0) is 47.3 Å². The van der Waals surface area contributed by atoms with Crippen LogP contribution < -0.4 is 10.1 Å². The molecule has 2 aromatic rings. The van der Waals surface area contributed by atoms with Crippen LogP contribution in [0.4, 0.5) is 5.69 Å². The first-order valence-electron chi connectivity index (χ1n) is 14.0. The molecule has 0 bridgehead atoms. The van der Waals surface area contributed by atoms with Crippen LogP contribution in [0.2, 0.25) is 16.6 Å². The molecule has 39 heavy (non-hydrogen) atoms. The van der Waals surface area contributed by atoms with Crippen LogP contribution in [0.1, 0.15) is 70.6 Å². The molecule has 1 aliphatic heterocycles. The summed E-state index contributed by atoms with van der Waals surface area (Å²) >= 11 is 0. The molecule has 1 heterocycles. The van der Waals surface area contributed by atoms with Crippen molar-refractivity contribution in [2.24, 2.45) is 5.92 Å². The molecule has 6 nitrogen and oxygen atoms in total. The summed E-state index contributed by atoms with van der Waals surface area (Å²) in [6, 6.07) is 13.7. The van der Waals surface area contributed by atoms with Gasteiger partial charge >= 0.3 is 5.97 Å². The number of hydrogen-bond acceptors (Lipinski definition) is 6. The van der Waals surface area contributed by atoms with E-state index in [-0.39, 0.29) is 5.92 Å². The lowest BCUT2D eigenvalue weighted by molar-refractivity contribution is -0.154. The molecular formula is C32H43NO5Si. The van der Waals surface area contributed by atoms with Crippen LogP contribution in [0, 0.1) is 12.8 Å². The smallest absolute Gasteiger partial charge is 0.374 e. The molecule has 0 spiro atoms. The standard InChI is InChI=1S/C32H43NO5Si/c1-18(2)39(19(3)4,20(5)6)38-27-17-24(22-12-10-21(7)11-13-22)29(31(34)32(35)37-9)30-28(27)25-16-23(36-8)14-15-26(25)33-30/h10-16,18-20,24,29-30,33H,17H2,1-9H3/t24-,29-,30-/m1/s1. The van der Waals surface area contributed by atoms with E-state index in [1.165, 1.54) is 7.11 Å². The number of nitrogens with one attached hydrogen (secondary N) is 1. The Hall–Kier alpha value is -3.06. The van der Waals surface area contributed by atoms with Gasteiger partial charge in [0, 0.05) is 29.2 Å². The number of esters is 1. The predicted molar refractivity (Wildman–Crippen MR) is 159 cm³/mol. The van der Waals surface area contributed by atoms with Crippen molar-refractivity contribution in [3.8, 4) is 5.75 Å². The molecule has 4 rings (SSSR count). The second-order valence-corrected chi connectivity index (χ2v) is 17.3. The van der Waals surface area contributed by atoms with Gasteiger partial charge in [-0.1, -0.05) is 71.4 Å². The average Bonchev–Trinajstić information content (AvgIpc) is 3.29. The number of carbonyl (C=O) groups is 2. The quantitative estimate of drug-likeness (QED) is 0.202. The van der Waals surface area contributed by atoms with Gasteiger partial charge in [-0.25, -0.2) is 4.79 Å². The van der Waals surface area contributed by atoms with E-state index in [9.17, 15) is 9.59 Å². The summed E-state index contributed by atoms with van der Waals surface area (Å²) < 4.78 is 17.9. The van der Waals surface area contributed by atoms with Crippen LogP contribution in [0.5, 0.6) is 5.75 Å². The van der Waals surface area contributed by atoms with Gasteiger partial charge in [0.15, 0.2) is 0 Å². The lowest BCUT2D eigenvalue weighted by Gasteiger charge is -2.46. The highest BCUT2D eigenvalue weighted by Crippen LogP contribution is 2.54. The molecule has 2 aliphatic rings. The van der Waals surface area contributed by atoms with Crippen molar-refractivity contribution in [1.82, 2.24) is 0 Å². The summed E-state index contributed by atoms with van der Waals surface area (Å²) in [7, 11) is 0.592. The summed E-state index contributed by atoms with van der Waals surface area (Å²) in [6.07, 6.45) is 0.529. The van der Waals surface area contributed by atoms with E-state index < -0.39 is 32.0 Å². The molecule has 1 aliphatic carbocycles. The fourth-order valence-corrected chi connectivity index (χ4v) is 12.4. The van der Waals surface area contributed by atoms with Gasteiger partial charge in [0.05, 0.1) is 31.9 Å². The van der Waals surface area contributed by atoms with E-state index in [4.69, 9.17) is 13.9 Å². The van der Waals surface area contributed by atoms with Crippen molar-refractivity contribution < 1.29 is 23.5 Å². The molecule has 0 radical (unpaired) electrons. The fraction of sp³-hybridized carbons (Fsp3) is 0.500. The van der Waals surface area contributed by atoms with Crippen LogP contribution in [0.3, 0.4) is 0 Å². The first-order valence-corrected chi connectivity index (χ1v) is 16.2. The number of anilines is 1. The molecule has 0 unspecified atom stereocenters. The summed E-state index contributed by atoms with van der Waals surface area (Å²) in [4.78, 5) is 26.4. The van der Waals surface area contributed by atoms with E-state index in [1.807, 2.05) is 25.1 Å². The Morgan fingerprint density at radius 1 is 0.923 bits per heavy atom. The molecule has 0 saturated heterocycles. The Labute approximate surface area is 234 Å². The lowest BCUT2D eigenvalue weighted by atomic mass is 9.70.